The SMILES string of the molecule is CCN(CC)CCCC(C)NCc1cc(F)c(F)c(F)c1. The van der Waals surface area contributed by atoms with Crippen molar-refractivity contribution < 1.29 is 13.2 Å². The van der Waals surface area contributed by atoms with Crippen LogP contribution in [0.15, 0.2) is 12.1 Å². The van der Waals surface area contributed by atoms with Crippen molar-refractivity contribution in [2.24, 2.45) is 0 Å². The zero-order chi connectivity index (χ0) is 15.8. The van der Waals surface area contributed by atoms with Crippen LogP contribution < -0.4 is 5.32 Å². The van der Waals surface area contributed by atoms with Crippen LogP contribution in [0.25, 0.3) is 0 Å². The normalized spacial score (nSPS) is 12.9. The minimum absolute atomic E-state index is 0.247. The number of benzene rings is 1. The first-order valence-corrected chi connectivity index (χ1v) is 7.57. The van der Waals surface area contributed by atoms with Gasteiger partial charge in [-0.25, -0.2) is 13.2 Å². The van der Waals surface area contributed by atoms with Crippen molar-refractivity contribution in [3.05, 3.63) is 35.1 Å². The Morgan fingerprint density at radius 3 is 2.19 bits per heavy atom. The van der Waals surface area contributed by atoms with E-state index in [9.17, 15) is 13.2 Å². The van der Waals surface area contributed by atoms with Crippen molar-refractivity contribution in [3.8, 4) is 0 Å². The third-order valence-electron chi connectivity index (χ3n) is 3.70. The second-order valence-electron chi connectivity index (χ2n) is 5.32. The monoisotopic (exact) mass is 302 g/mol. The van der Waals surface area contributed by atoms with Crippen molar-refractivity contribution in [3.63, 3.8) is 0 Å². The average Bonchev–Trinajstić information content (AvgIpc) is 2.47. The van der Waals surface area contributed by atoms with Crippen molar-refractivity contribution >= 4 is 0 Å². The van der Waals surface area contributed by atoms with Gasteiger partial charge < -0.3 is 10.2 Å². The van der Waals surface area contributed by atoms with Gasteiger partial charge in [0.1, 0.15) is 0 Å². The Balaban J connectivity index is 2.34. The fourth-order valence-corrected chi connectivity index (χ4v) is 2.27. The molecule has 5 heteroatoms. The molecule has 0 aliphatic heterocycles. The molecule has 120 valence electrons. The summed E-state index contributed by atoms with van der Waals surface area (Å²) >= 11 is 0. The highest BCUT2D eigenvalue weighted by Crippen LogP contribution is 2.13. The quantitative estimate of drug-likeness (QED) is 0.700. The van der Waals surface area contributed by atoms with Crippen molar-refractivity contribution in [1.82, 2.24) is 10.2 Å². The van der Waals surface area contributed by atoms with Crippen LogP contribution >= 0.6 is 0 Å². The van der Waals surface area contributed by atoms with E-state index < -0.39 is 17.5 Å². The lowest BCUT2D eigenvalue weighted by atomic mass is 10.1. The lowest BCUT2D eigenvalue weighted by Gasteiger charge is -2.19. The highest BCUT2D eigenvalue weighted by molar-refractivity contribution is 5.19. The molecule has 0 saturated heterocycles. The van der Waals surface area contributed by atoms with Gasteiger partial charge in [0.05, 0.1) is 0 Å². The summed E-state index contributed by atoms with van der Waals surface area (Å²) in [5, 5.41) is 3.21. The Labute approximate surface area is 125 Å². The van der Waals surface area contributed by atoms with E-state index in [1.165, 1.54) is 0 Å². The van der Waals surface area contributed by atoms with Crippen LogP contribution in [0.2, 0.25) is 0 Å². The minimum Gasteiger partial charge on any atom is -0.310 e. The van der Waals surface area contributed by atoms with Crippen LogP contribution in [0, 0.1) is 17.5 Å². The van der Waals surface area contributed by atoms with Crippen LogP contribution in [-0.2, 0) is 6.54 Å². The summed E-state index contributed by atoms with van der Waals surface area (Å²) in [4.78, 5) is 2.36. The van der Waals surface area contributed by atoms with Gasteiger partial charge >= 0.3 is 0 Å². The maximum Gasteiger partial charge on any atom is 0.194 e. The fourth-order valence-electron chi connectivity index (χ4n) is 2.27. The fraction of sp³-hybridized carbons (Fsp3) is 0.625. The Bertz CT molecular complexity index is 411. The minimum atomic E-state index is -1.41. The van der Waals surface area contributed by atoms with Gasteiger partial charge in [-0.15, -0.1) is 0 Å². The summed E-state index contributed by atoms with van der Waals surface area (Å²) in [6.07, 6.45) is 2.06. The average molecular weight is 302 g/mol. The molecule has 21 heavy (non-hydrogen) atoms. The Morgan fingerprint density at radius 2 is 1.67 bits per heavy atom. The first kappa shape index (κ1) is 18.0. The second-order valence-corrected chi connectivity index (χ2v) is 5.32. The van der Waals surface area contributed by atoms with E-state index in [1.807, 2.05) is 6.92 Å². The largest absolute Gasteiger partial charge is 0.310 e. The lowest BCUT2D eigenvalue weighted by Crippen LogP contribution is -2.28. The molecular weight excluding hydrogens is 277 g/mol. The van der Waals surface area contributed by atoms with E-state index >= 15 is 0 Å². The predicted molar refractivity (Wildman–Crippen MR) is 79.6 cm³/mol. The molecule has 2 nitrogen and oxygen atoms in total. The molecule has 0 radical (unpaired) electrons. The molecule has 0 aliphatic rings. The molecule has 1 atom stereocenters. The molecule has 0 heterocycles. The van der Waals surface area contributed by atoms with Gasteiger partial charge in [0.15, 0.2) is 17.5 Å². The highest BCUT2D eigenvalue weighted by Gasteiger charge is 2.11. The molecule has 0 spiro atoms. The van der Waals surface area contributed by atoms with E-state index in [0.29, 0.717) is 12.1 Å². The predicted octanol–water partition coefficient (Wildman–Crippen LogP) is 3.70. The molecule has 0 saturated carbocycles. The molecule has 1 N–H and O–H groups in total. The maximum atomic E-state index is 13.1. The van der Waals surface area contributed by atoms with Gasteiger partial charge in [-0.1, -0.05) is 13.8 Å². The lowest BCUT2D eigenvalue weighted by molar-refractivity contribution is 0.290. The summed E-state index contributed by atoms with van der Waals surface area (Å²) in [6.45, 7) is 9.81. The number of hydrogen-bond donors (Lipinski definition) is 1. The molecule has 0 aromatic heterocycles. The second kappa shape index (κ2) is 9.05. The van der Waals surface area contributed by atoms with Crippen LogP contribution in [0.4, 0.5) is 13.2 Å². The van der Waals surface area contributed by atoms with Gasteiger partial charge in [-0.05, 0) is 57.1 Å². The summed E-state index contributed by atoms with van der Waals surface area (Å²) in [6, 6.07) is 2.32. The number of rotatable bonds is 9. The Hall–Kier alpha value is -1.07. The zero-order valence-electron chi connectivity index (χ0n) is 13.1. The first-order valence-electron chi connectivity index (χ1n) is 7.57. The summed E-state index contributed by atoms with van der Waals surface area (Å²) in [5.74, 6) is -3.69. The number of nitrogens with zero attached hydrogens (tertiary/aromatic N) is 1. The topological polar surface area (TPSA) is 15.3 Å². The van der Waals surface area contributed by atoms with Crippen molar-refractivity contribution in [2.45, 2.75) is 46.2 Å². The number of hydrogen-bond acceptors (Lipinski definition) is 2. The zero-order valence-corrected chi connectivity index (χ0v) is 13.1. The highest BCUT2D eigenvalue weighted by atomic mass is 19.2. The van der Waals surface area contributed by atoms with Crippen LogP contribution in [0.1, 0.15) is 39.2 Å². The van der Waals surface area contributed by atoms with Gasteiger partial charge in [-0.2, -0.15) is 0 Å². The maximum absolute atomic E-state index is 13.1. The van der Waals surface area contributed by atoms with Crippen LogP contribution in [-0.4, -0.2) is 30.6 Å². The van der Waals surface area contributed by atoms with E-state index in [4.69, 9.17) is 0 Å². The molecule has 1 unspecified atom stereocenters. The Kier molecular flexibility index (Phi) is 7.75. The van der Waals surface area contributed by atoms with Crippen LogP contribution in [0.3, 0.4) is 0 Å². The van der Waals surface area contributed by atoms with Gasteiger partial charge in [0, 0.05) is 12.6 Å². The van der Waals surface area contributed by atoms with Gasteiger partial charge in [0.25, 0.3) is 0 Å². The molecule has 1 aromatic rings. The molecule has 0 aliphatic carbocycles. The summed E-state index contributed by atoms with van der Waals surface area (Å²) in [5.41, 5.74) is 0.419. The molecule has 1 aromatic carbocycles. The third kappa shape index (κ3) is 6.06. The molecule has 1 rings (SSSR count). The number of nitrogens with one attached hydrogen (secondary N) is 1. The number of halogens is 3. The van der Waals surface area contributed by atoms with E-state index in [1.54, 1.807) is 0 Å². The molecule has 0 amide bonds. The van der Waals surface area contributed by atoms with Crippen molar-refractivity contribution in [2.75, 3.05) is 19.6 Å². The summed E-state index contributed by atoms with van der Waals surface area (Å²) < 4.78 is 39.0. The van der Waals surface area contributed by atoms with E-state index in [-0.39, 0.29) is 6.04 Å². The molecule has 0 bridgehead atoms. The summed E-state index contributed by atoms with van der Waals surface area (Å²) in [7, 11) is 0. The smallest absolute Gasteiger partial charge is 0.194 e. The van der Waals surface area contributed by atoms with E-state index in [2.05, 4.69) is 24.1 Å². The van der Waals surface area contributed by atoms with Crippen molar-refractivity contribution in [1.29, 1.82) is 0 Å². The van der Waals surface area contributed by atoms with Gasteiger partial charge in [-0.3, -0.25) is 0 Å². The standard InChI is InChI=1S/C16H25F3N2/c1-4-21(5-2)8-6-7-12(3)20-11-13-9-14(17)16(19)15(18)10-13/h9-10,12,20H,4-8,11H2,1-3H3. The third-order valence-corrected chi connectivity index (χ3v) is 3.70. The van der Waals surface area contributed by atoms with Gasteiger partial charge in [0.2, 0.25) is 0 Å². The molecule has 0 fully saturated rings. The van der Waals surface area contributed by atoms with Crippen LogP contribution in [0.5, 0.6) is 0 Å². The Morgan fingerprint density at radius 1 is 1.10 bits per heavy atom. The first-order chi connectivity index (χ1) is 9.97. The van der Waals surface area contributed by atoms with E-state index in [0.717, 1.165) is 44.6 Å². The molecular formula is C16H25F3N2.